The molecule has 0 saturated heterocycles. The molecule has 0 radical (unpaired) electrons. The van der Waals surface area contributed by atoms with Gasteiger partial charge in [-0.1, -0.05) is 11.6 Å². The first-order valence-corrected chi connectivity index (χ1v) is 8.74. The van der Waals surface area contributed by atoms with Crippen molar-refractivity contribution in [3.63, 3.8) is 0 Å². The number of carboxylic acids is 1. The normalized spacial score (nSPS) is 10.6. The van der Waals surface area contributed by atoms with Crippen LogP contribution in [0.4, 0.5) is 11.4 Å². The highest BCUT2D eigenvalue weighted by atomic mass is 35.5. The number of aromatic carboxylic acids is 1. The van der Waals surface area contributed by atoms with Crippen LogP contribution >= 0.6 is 24.0 Å². The summed E-state index contributed by atoms with van der Waals surface area (Å²) >= 11 is 6.13. The number of rotatable bonds is 4. The van der Waals surface area contributed by atoms with Crippen LogP contribution in [0.1, 0.15) is 10.4 Å². The monoisotopic (exact) mass is 430 g/mol. The Bertz CT molecular complexity index is 1240. The Balaban J connectivity index is 0.00000240. The van der Waals surface area contributed by atoms with E-state index in [-0.39, 0.29) is 23.7 Å². The number of methoxy groups -OCH3 is 1. The summed E-state index contributed by atoms with van der Waals surface area (Å²) in [5.74, 6) is -0.834. The van der Waals surface area contributed by atoms with Crippen LogP contribution in [0.3, 0.4) is 0 Å². The maximum Gasteiger partial charge on any atom is 0.339 e. The molecule has 0 atom stereocenters. The molecule has 0 fully saturated rings. The minimum absolute atomic E-state index is 0. The Morgan fingerprint density at radius 3 is 2.52 bits per heavy atom. The highest BCUT2D eigenvalue weighted by Gasteiger charge is 2.14. The molecule has 148 valence electrons. The van der Waals surface area contributed by atoms with Gasteiger partial charge in [-0.2, -0.15) is 0 Å². The van der Waals surface area contributed by atoms with Crippen molar-refractivity contribution in [2.45, 2.75) is 0 Å². The molecule has 1 aromatic heterocycles. The first-order valence-electron chi connectivity index (χ1n) is 8.36. The summed E-state index contributed by atoms with van der Waals surface area (Å²) < 4.78 is 5.34. The van der Waals surface area contributed by atoms with Crippen molar-refractivity contribution >= 4 is 63.2 Å². The van der Waals surface area contributed by atoms with Crippen LogP contribution in [0, 0.1) is 0 Å². The van der Waals surface area contributed by atoms with Crippen molar-refractivity contribution in [1.29, 1.82) is 0 Å². The summed E-state index contributed by atoms with van der Waals surface area (Å²) in [7, 11) is 1.59. The molecule has 0 aliphatic rings. The third kappa shape index (κ3) is 3.85. The van der Waals surface area contributed by atoms with Crippen molar-refractivity contribution in [2.75, 3.05) is 12.4 Å². The van der Waals surface area contributed by atoms with Crippen LogP contribution in [0.25, 0.3) is 21.8 Å². The summed E-state index contributed by atoms with van der Waals surface area (Å²) in [4.78, 5) is 15.8. The van der Waals surface area contributed by atoms with Crippen LogP contribution < -0.4 is 10.1 Å². The molecule has 3 aromatic carbocycles. The van der Waals surface area contributed by atoms with Gasteiger partial charge in [-0.15, -0.1) is 12.4 Å². The number of aromatic hydroxyl groups is 1. The fourth-order valence-corrected chi connectivity index (χ4v) is 3.26. The van der Waals surface area contributed by atoms with E-state index in [4.69, 9.17) is 21.4 Å². The lowest BCUT2D eigenvalue weighted by Crippen LogP contribution is -1.99. The summed E-state index contributed by atoms with van der Waals surface area (Å²) in [5, 5.41) is 24.6. The predicted octanol–water partition coefficient (Wildman–Crippen LogP) is 5.62. The first-order chi connectivity index (χ1) is 13.5. The molecule has 6 nitrogen and oxygen atoms in total. The Morgan fingerprint density at radius 2 is 1.83 bits per heavy atom. The number of ether oxygens (including phenoxy) is 1. The zero-order chi connectivity index (χ0) is 19.8. The fourth-order valence-electron chi connectivity index (χ4n) is 3.09. The maximum absolute atomic E-state index is 11.1. The van der Waals surface area contributed by atoms with Crippen LogP contribution in [-0.4, -0.2) is 28.3 Å². The van der Waals surface area contributed by atoms with E-state index in [2.05, 4.69) is 10.3 Å². The van der Waals surface area contributed by atoms with E-state index in [1.165, 1.54) is 12.1 Å². The Labute approximate surface area is 177 Å². The third-order valence-corrected chi connectivity index (χ3v) is 4.68. The smallest absolute Gasteiger partial charge is 0.339 e. The molecular formula is C21H16Cl2N2O4. The number of halogens is 2. The molecule has 8 heteroatoms. The number of phenols is 1. The number of carboxylic acid groups (broad SMARTS) is 1. The van der Waals surface area contributed by atoms with Gasteiger partial charge in [-0.3, -0.25) is 0 Å². The second-order valence-corrected chi connectivity index (χ2v) is 6.63. The van der Waals surface area contributed by atoms with Gasteiger partial charge in [-0.25, -0.2) is 9.78 Å². The number of aromatic nitrogens is 1. The number of nitrogens with zero attached hydrogens (tertiary/aromatic N) is 1. The minimum atomic E-state index is -1.19. The lowest BCUT2D eigenvalue weighted by Gasteiger charge is -2.15. The maximum atomic E-state index is 11.1. The summed E-state index contributed by atoms with van der Waals surface area (Å²) in [5.41, 5.74) is 2.57. The van der Waals surface area contributed by atoms with Crippen molar-refractivity contribution in [3.05, 3.63) is 65.2 Å². The molecule has 3 N–H and O–H groups in total. The highest BCUT2D eigenvalue weighted by molar-refractivity contribution is 6.31. The molecule has 0 amide bonds. The first kappa shape index (κ1) is 20.5. The average Bonchev–Trinajstić information content (AvgIpc) is 2.67. The molecule has 1 heterocycles. The van der Waals surface area contributed by atoms with Gasteiger partial charge in [0.2, 0.25) is 0 Å². The molecular weight excluding hydrogens is 415 g/mol. The van der Waals surface area contributed by atoms with Gasteiger partial charge in [0.05, 0.1) is 23.8 Å². The Kier molecular flexibility index (Phi) is 5.68. The van der Waals surface area contributed by atoms with E-state index in [0.717, 1.165) is 22.0 Å². The van der Waals surface area contributed by atoms with Gasteiger partial charge in [0.15, 0.2) is 0 Å². The van der Waals surface area contributed by atoms with Gasteiger partial charge >= 0.3 is 5.97 Å². The number of hydrogen-bond acceptors (Lipinski definition) is 5. The Morgan fingerprint density at radius 1 is 1.03 bits per heavy atom. The fraction of sp³-hybridized carbons (Fsp3) is 0.0476. The van der Waals surface area contributed by atoms with Crippen LogP contribution in [0.5, 0.6) is 11.5 Å². The predicted molar refractivity (Wildman–Crippen MR) is 116 cm³/mol. The number of pyridine rings is 1. The highest BCUT2D eigenvalue weighted by Crippen LogP contribution is 2.36. The van der Waals surface area contributed by atoms with Gasteiger partial charge < -0.3 is 20.3 Å². The van der Waals surface area contributed by atoms with Crippen molar-refractivity contribution in [3.8, 4) is 11.5 Å². The van der Waals surface area contributed by atoms with Gasteiger partial charge in [-0.05, 0) is 48.5 Å². The summed E-state index contributed by atoms with van der Waals surface area (Å²) in [6.45, 7) is 0. The molecule has 4 rings (SSSR count). The number of carbonyl (C=O) groups is 1. The summed E-state index contributed by atoms with van der Waals surface area (Å²) in [6, 6.07) is 15.3. The molecule has 4 aromatic rings. The van der Waals surface area contributed by atoms with E-state index in [9.17, 15) is 9.90 Å². The van der Waals surface area contributed by atoms with Crippen LogP contribution in [0.15, 0.2) is 54.6 Å². The van der Waals surface area contributed by atoms with Gasteiger partial charge in [0.25, 0.3) is 0 Å². The van der Waals surface area contributed by atoms with E-state index >= 15 is 0 Å². The number of hydrogen-bond donors (Lipinski definition) is 3. The minimum Gasteiger partial charge on any atom is -0.507 e. The van der Waals surface area contributed by atoms with Crippen molar-refractivity contribution in [1.82, 2.24) is 4.98 Å². The zero-order valence-electron chi connectivity index (χ0n) is 15.1. The van der Waals surface area contributed by atoms with Crippen molar-refractivity contribution < 1.29 is 19.7 Å². The Hall–Kier alpha value is -3.22. The van der Waals surface area contributed by atoms with E-state index in [1.54, 1.807) is 25.3 Å². The van der Waals surface area contributed by atoms with Gasteiger partial charge in [0.1, 0.15) is 17.1 Å². The molecule has 29 heavy (non-hydrogen) atoms. The lowest BCUT2D eigenvalue weighted by molar-refractivity contribution is 0.0694. The van der Waals surface area contributed by atoms with E-state index in [1.807, 2.05) is 24.3 Å². The zero-order valence-corrected chi connectivity index (χ0v) is 16.7. The quantitative estimate of drug-likeness (QED) is 0.364. The SMILES string of the molecule is COc1ccc2nc3cc(Cl)ccc3c(Nc3ccc(C(=O)O)c(O)c3)c2c1.Cl. The molecule has 0 spiro atoms. The number of fused-ring (bicyclic) bond motifs is 2. The molecule has 0 unspecified atom stereocenters. The van der Waals surface area contributed by atoms with Crippen LogP contribution in [-0.2, 0) is 0 Å². The summed E-state index contributed by atoms with van der Waals surface area (Å²) in [6.07, 6.45) is 0. The number of benzene rings is 3. The van der Waals surface area contributed by atoms with Crippen molar-refractivity contribution in [2.24, 2.45) is 0 Å². The van der Waals surface area contributed by atoms with Crippen LogP contribution in [0.2, 0.25) is 5.02 Å². The lowest BCUT2D eigenvalue weighted by atomic mass is 10.1. The standard InChI is InChI=1S/C21H15ClN2O4.ClH/c1-28-13-4-7-17-16(10-13)20(14-5-2-11(22)8-18(14)24-17)23-12-3-6-15(21(26)27)19(25)9-12;/h2-10,25H,1H3,(H,23,24)(H,26,27);1H. The molecule has 0 saturated carbocycles. The topological polar surface area (TPSA) is 91.7 Å². The van der Waals surface area contributed by atoms with Gasteiger partial charge in [0, 0.05) is 27.5 Å². The van der Waals surface area contributed by atoms with E-state index < -0.39 is 5.97 Å². The number of nitrogens with one attached hydrogen (secondary N) is 1. The second kappa shape index (κ2) is 8.03. The van der Waals surface area contributed by atoms with E-state index in [0.29, 0.717) is 22.0 Å². The average molecular weight is 431 g/mol. The second-order valence-electron chi connectivity index (χ2n) is 6.19. The molecule has 0 aliphatic heterocycles. The molecule has 0 bridgehead atoms. The molecule has 0 aliphatic carbocycles. The third-order valence-electron chi connectivity index (χ3n) is 4.44. The largest absolute Gasteiger partial charge is 0.507 e. The number of anilines is 2.